The number of amides is 1. The van der Waals surface area contributed by atoms with Crippen LogP contribution in [-0.4, -0.2) is 51.9 Å². The molecule has 4 rings (SSSR count). The maximum atomic E-state index is 12.5. The molecule has 7 nitrogen and oxygen atoms in total. The summed E-state index contributed by atoms with van der Waals surface area (Å²) in [5.74, 6) is 3.44. The Hall–Kier alpha value is -2.70. The lowest BCUT2D eigenvalue weighted by Gasteiger charge is -2.35. The highest BCUT2D eigenvalue weighted by Crippen LogP contribution is 2.29. The molecule has 1 saturated carbocycles. The van der Waals surface area contributed by atoms with Crippen molar-refractivity contribution in [1.29, 1.82) is 0 Å². The maximum absolute atomic E-state index is 12.5. The van der Waals surface area contributed by atoms with Gasteiger partial charge in [0.15, 0.2) is 0 Å². The van der Waals surface area contributed by atoms with E-state index in [-0.39, 0.29) is 0 Å². The third-order valence-corrected chi connectivity index (χ3v) is 5.77. The fraction of sp³-hybridized carbons (Fsp3) is 0.524. The summed E-state index contributed by atoms with van der Waals surface area (Å²) in [7, 11) is 0. The summed E-state index contributed by atoms with van der Waals surface area (Å²) in [6.07, 6.45) is 10.4. The van der Waals surface area contributed by atoms with Crippen molar-refractivity contribution in [3.8, 4) is 0 Å². The van der Waals surface area contributed by atoms with Gasteiger partial charge in [0.25, 0.3) is 0 Å². The Bertz CT molecular complexity index is 769. The highest BCUT2D eigenvalue weighted by Gasteiger charge is 2.23. The van der Waals surface area contributed by atoms with E-state index in [2.05, 4.69) is 25.2 Å². The first-order chi connectivity index (χ1) is 13.8. The van der Waals surface area contributed by atoms with Crippen molar-refractivity contribution in [2.45, 2.75) is 38.5 Å². The summed E-state index contributed by atoms with van der Waals surface area (Å²) >= 11 is 0. The average Bonchev–Trinajstić information content (AvgIpc) is 3.27. The van der Waals surface area contributed by atoms with Crippen LogP contribution in [0.25, 0.3) is 0 Å². The van der Waals surface area contributed by atoms with Gasteiger partial charge in [-0.2, -0.15) is 0 Å². The molecule has 148 valence electrons. The SMILES string of the molecule is O=C(CCC1CCCC1)N1CCN(c2cc(Nc3ccccn3)ncn2)CC1. The van der Waals surface area contributed by atoms with Crippen LogP contribution >= 0.6 is 0 Å². The summed E-state index contributed by atoms with van der Waals surface area (Å²) in [5.41, 5.74) is 0. The summed E-state index contributed by atoms with van der Waals surface area (Å²) in [5, 5.41) is 3.20. The molecule has 0 spiro atoms. The largest absolute Gasteiger partial charge is 0.353 e. The topological polar surface area (TPSA) is 74.2 Å². The minimum absolute atomic E-state index is 0.312. The summed E-state index contributed by atoms with van der Waals surface area (Å²) < 4.78 is 0. The van der Waals surface area contributed by atoms with Gasteiger partial charge in [-0.25, -0.2) is 15.0 Å². The number of carbonyl (C=O) groups excluding carboxylic acids is 1. The van der Waals surface area contributed by atoms with E-state index in [0.717, 1.165) is 56.0 Å². The molecule has 1 saturated heterocycles. The average molecular weight is 380 g/mol. The highest BCUT2D eigenvalue weighted by atomic mass is 16.2. The fourth-order valence-corrected chi connectivity index (χ4v) is 4.13. The van der Waals surface area contributed by atoms with Gasteiger partial charge in [-0.3, -0.25) is 4.79 Å². The van der Waals surface area contributed by atoms with Crippen molar-refractivity contribution < 1.29 is 4.79 Å². The van der Waals surface area contributed by atoms with E-state index in [1.54, 1.807) is 12.5 Å². The van der Waals surface area contributed by atoms with E-state index < -0.39 is 0 Å². The summed E-state index contributed by atoms with van der Waals surface area (Å²) in [4.78, 5) is 29.7. The molecule has 0 bridgehead atoms. The molecule has 1 N–H and O–H groups in total. The zero-order valence-corrected chi connectivity index (χ0v) is 16.3. The number of nitrogens with one attached hydrogen (secondary N) is 1. The van der Waals surface area contributed by atoms with E-state index in [1.807, 2.05) is 29.2 Å². The monoisotopic (exact) mass is 380 g/mol. The Balaban J connectivity index is 1.28. The molecule has 0 atom stereocenters. The second-order valence-corrected chi connectivity index (χ2v) is 7.66. The van der Waals surface area contributed by atoms with Crippen LogP contribution in [0, 0.1) is 5.92 Å². The number of hydrogen-bond donors (Lipinski definition) is 1. The van der Waals surface area contributed by atoms with Gasteiger partial charge in [0.1, 0.15) is 23.8 Å². The first-order valence-electron chi connectivity index (χ1n) is 10.3. The number of anilines is 3. The molecule has 2 aromatic rings. The van der Waals surface area contributed by atoms with Crippen LogP contribution < -0.4 is 10.2 Å². The first kappa shape index (κ1) is 18.7. The van der Waals surface area contributed by atoms with Gasteiger partial charge in [-0.1, -0.05) is 31.7 Å². The maximum Gasteiger partial charge on any atom is 0.222 e. The van der Waals surface area contributed by atoms with Crippen molar-refractivity contribution in [3.63, 3.8) is 0 Å². The standard InChI is InChI=1S/C21H28N6O/c28-21(9-8-17-5-1-2-6-17)27-13-11-26(12-14-27)20-15-19(23-16-24-20)25-18-7-3-4-10-22-18/h3-4,7,10,15-17H,1-2,5-6,8-9,11-14H2,(H,22,23,24,25). The Kier molecular flexibility index (Phi) is 5.99. The van der Waals surface area contributed by atoms with E-state index in [1.165, 1.54) is 25.7 Å². The van der Waals surface area contributed by atoms with Crippen molar-refractivity contribution in [2.24, 2.45) is 5.92 Å². The van der Waals surface area contributed by atoms with Gasteiger partial charge in [-0.05, 0) is 24.5 Å². The zero-order valence-electron chi connectivity index (χ0n) is 16.3. The molecule has 2 aromatic heterocycles. The van der Waals surface area contributed by atoms with Crippen LogP contribution in [0.15, 0.2) is 36.8 Å². The number of aromatic nitrogens is 3. The lowest BCUT2D eigenvalue weighted by Crippen LogP contribution is -2.49. The third kappa shape index (κ3) is 4.77. The Morgan fingerprint density at radius 3 is 2.61 bits per heavy atom. The number of carbonyl (C=O) groups is 1. The number of hydrogen-bond acceptors (Lipinski definition) is 6. The first-order valence-corrected chi connectivity index (χ1v) is 10.3. The molecular formula is C21H28N6O. The normalized spacial score (nSPS) is 17.7. The van der Waals surface area contributed by atoms with E-state index >= 15 is 0 Å². The van der Waals surface area contributed by atoms with Crippen molar-refractivity contribution in [2.75, 3.05) is 36.4 Å². The van der Waals surface area contributed by atoms with Gasteiger partial charge in [-0.15, -0.1) is 0 Å². The summed E-state index contributed by atoms with van der Waals surface area (Å²) in [6.45, 7) is 3.12. The van der Waals surface area contributed by atoms with Crippen molar-refractivity contribution >= 4 is 23.4 Å². The van der Waals surface area contributed by atoms with E-state index in [0.29, 0.717) is 12.3 Å². The van der Waals surface area contributed by atoms with Crippen LogP contribution in [0.4, 0.5) is 17.5 Å². The molecule has 28 heavy (non-hydrogen) atoms. The molecular weight excluding hydrogens is 352 g/mol. The number of piperazine rings is 1. The van der Waals surface area contributed by atoms with Gasteiger partial charge in [0.2, 0.25) is 5.91 Å². The van der Waals surface area contributed by atoms with E-state index in [4.69, 9.17) is 0 Å². The Morgan fingerprint density at radius 1 is 1.04 bits per heavy atom. The van der Waals surface area contributed by atoms with Crippen LogP contribution in [0.2, 0.25) is 0 Å². The second kappa shape index (κ2) is 8.99. The van der Waals surface area contributed by atoms with Crippen molar-refractivity contribution in [3.05, 3.63) is 36.8 Å². The number of pyridine rings is 1. The zero-order chi connectivity index (χ0) is 19.2. The molecule has 0 unspecified atom stereocenters. The summed E-state index contributed by atoms with van der Waals surface area (Å²) in [6, 6.07) is 7.65. The lowest BCUT2D eigenvalue weighted by molar-refractivity contribution is -0.131. The van der Waals surface area contributed by atoms with Gasteiger partial charge in [0.05, 0.1) is 0 Å². The number of nitrogens with zero attached hydrogens (tertiary/aromatic N) is 5. The van der Waals surface area contributed by atoms with E-state index in [9.17, 15) is 4.79 Å². The minimum Gasteiger partial charge on any atom is -0.353 e. The van der Waals surface area contributed by atoms with Crippen LogP contribution in [-0.2, 0) is 4.79 Å². The molecule has 1 aliphatic heterocycles. The molecule has 1 amide bonds. The molecule has 3 heterocycles. The van der Waals surface area contributed by atoms with Gasteiger partial charge >= 0.3 is 0 Å². The van der Waals surface area contributed by atoms with Crippen molar-refractivity contribution in [1.82, 2.24) is 19.9 Å². The highest BCUT2D eigenvalue weighted by molar-refractivity contribution is 5.76. The lowest BCUT2D eigenvalue weighted by atomic mass is 10.0. The van der Waals surface area contributed by atoms with Gasteiger partial charge in [0, 0.05) is 44.9 Å². The predicted molar refractivity (Wildman–Crippen MR) is 110 cm³/mol. The van der Waals surface area contributed by atoms with Gasteiger partial charge < -0.3 is 15.1 Å². The molecule has 2 aliphatic rings. The Labute approximate surface area is 166 Å². The Morgan fingerprint density at radius 2 is 1.86 bits per heavy atom. The molecule has 0 radical (unpaired) electrons. The van der Waals surface area contributed by atoms with Crippen LogP contribution in [0.1, 0.15) is 38.5 Å². The second-order valence-electron chi connectivity index (χ2n) is 7.66. The number of rotatable bonds is 6. The third-order valence-electron chi connectivity index (χ3n) is 5.77. The fourth-order valence-electron chi connectivity index (χ4n) is 4.13. The predicted octanol–water partition coefficient (Wildman–Crippen LogP) is 3.23. The van der Waals surface area contributed by atoms with Crippen LogP contribution in [0.3, 0.4) is 0 Å². The van der Waals surface area contributed by atoms with Crippen LogP contribution in [0.5, 0.6) is 0 Å². The molecule has 2 fully saturated rings. The minimum atomic E-state index is 0.312. The molecule has 0 aromatic carbocycles. The smallest absolute Gasteiger partial charge is 0.222 e. The quantitative estimate of drug-likeness (QED) is 0.829. The molecule has 7 heteroatoms. The molecule has 1 aliphatic carbocycles.